The number of benzene rings is 1. The molecular formula is C20H26FNO. The Morgan fingerprint density at radius 1 is 1.13 bits per heavy atom. The highest BCUT2D eigenvalue weighted by Crippen LogP contribution is 2.61. The van der Waals surface area contributed by atoms with Crippen molar-refractivity contribution in [3.63, 3.8) is 0 Å². The number of carbonyl (C=O) groups excluding carboxylic acids is 1. The smallest absolute Gasteiger partial charge is 0.224 e. The van der Waals surface area contributed by atoms with Gasteiger partial charge in [-0.15, -0.1) is 0 Å². The van der Waals surface area contributed by atoms with Gasteiger partial charge < -0.3 is 5.32 Å². The van der Waals surface area contributed by atoms with Crippen molar-refractivity contribution in [2.24, 2.45) is 23.2 Å². The summed E-state index contributed by atoms with van der Waals surface area (Å²) in [6.45, 7) is 2.20. The highest BCUT2D eigenvalue weighted by molar-refractivity contribution is 5.78. The Labute approximate surface area is 137 Å². The van der Waals surface area contributed by atoms with Gasteiger partial charge in [-0.2, -0.15) is 0 Å². The van der Waals surface area contributed by atoms with E-state index in [4.69, 9.17) is 0 Å². The maximum Gasteiger partial charge on any atom is 0.224 e. The second kappa shape index (κ2) is 5.61. The Hall–Kier alpha value is -1.38. The third-order valence-corrected chi connectivity index (χ3v) is 6.66. The summed E-state index contributed by atoms with van der Waals surface area (Å²) in [6.07, 6.45) is 8.53. The minimum Gasteiger partial charge on any atom is -0.353 e. The highest BCUT2D eigenvalue weighted by atomic mass is 19.1. The molecule has 0 unspecified atom stereocenters. The van der Waals surface area contributed by atoms with Crippen LogP contribution in [-0.2, 0) is 11.2 Å². The molecule has 1 aromatic rings. The van der Waals surface area contributed by atoms with Crippen molar-refractivity contribution in [3.8, 4) is 0 Å². The van der Waals surface area contributed by atoms with Crippen LogP contribution in [0.1, 0.15) is 51.0 Å². The number of nitrogens with one attached hydrogen (secondary N) is 1. The zero-order valence-corrected chi connectivity index (χ0v) is 13.9. The molecule has 124 valence electrons. The van der Waals surface area contributed by atoms with Crippen molar-refractivity contribution >= 4 is 5.91 Å². The van der Waals surface area contributed by atoms with Gasteiger partial charge in [0.1, 0.15) is 5.82 Å². The van der Waals surface area contributed by atoms with Crippen molar-refractivity contribution < 1.29 is 9.18 Å². The van der Waals surface area contributed by atoms with Crippen LogP contribution < -0.4 is 5.32 Å². The fourth-order valence-electron chi connectivity index (χ4n) is 5.94. The van der Waals surface area contributed by atoms with Crippen molar-refractivity contribution in [2.75, 3.05) is 0 Å². The van der Waals surface area contributed by atoms with Gasteiger partial charge in [-0.05, 0) is 86.3 Å². The van der Waals surface area contributed by atoms with E-state index in [1.54, 1.807) is 12.1 Å². The fourth-order valence-corrected chi connectivity index (χ4v) is 5.94. The van der Waals surface area contributed by atoms with E-state index in [2.05, 4.69) is 12.2 Å². The zero-order chi connectivity index (χ0) is 16.0. The molecule has 1 aromatic carbocycles. The van der Waals surface area contributed by atoms with Crippen LogP contribution in [0.4, 0.5) is 4.39 Å². The van der Waals surface area contributed by atoms with E-state index in [-0.39, 0.29) is 17.8 Å². The number of hydrogen-bond acceptors (Lipinski definition) is 1. The number of amides is 1. The first-order valence-corrected chi connectivity index (χ1v) is 9.06. The Kier molecular flexibility index (Phi) is 3.70. The molecule has 0 aromatic heterocycles. The van der Waals surface area contributed by atoms with Crippen LogP contribution in [0.25, 0.3) is 0 Å². The van der Waals surface area contributed by atoms with E-state index in [1.165, 1.54) is 50.7 Å². The average molecular weight is 315 g/mol. The standard InChI is InChI=1S/C20H26FNO/c1-13(22-19(23)9-14-2-4-18(21)5-3-14)20-10-15-6-16(11-20)8-17(7-15)12-20/h2-5,13,15-17H,6-12H2,1H3,(H,22,23)/t13-,15?,16?,17?,20?/m1/s1. The van der Waals surface area contributed by atoms with E-state index >= 15 is 0 Å². The van der Waals surface area contributed by atoms with Gasteiger partial charge in [-0.25, -0.2) is 4.39 Å². The predicted molar refractivity (Wildman–Crippen MR) is 88.3 cm³/mol. The van der Waals surface area contributed by atoms with Crippen LogP contribution >= 0.6 is 0 Å². The van der Waals surface area contributed by atoms with Gasteiger partial charge in [0.05, 0.1) is 6.42 Å². The molecule has 1 atom stereocenters. The van der Waals surface area contributed by atoms with E-state index < -0.39 is 0 Å². The summed E-state index contributed by atoms with van der Waals surface area (Å²) in [5.74, 6) is 2.52. The third kappa shape index (κ3) is 2.90. The molecule has 0 radical (unpaired) electrons. The summed E-state index contributed by atoms with van der Waals surface area (Å²) in [5, 5.41) is 3.27. The van der Waals surface area contributed by atoms with Gasteiger partial charge >= 0.3 is 0 Å². The largest absolute Gasteiger partial charge is 0.353 e. The van der Waals surface area contributed by atoms with Crippen LogP contribution in [0, 0.1) is 29.0 Å². The molecule has 4 aliphatic rings. The lowest BCUT2D eigenvalue weighted by Crippen LogP contribution is -2.56. The molecule has 3 heteroatoms. The van der Waals surface area contributed by atoms with Crippen molar-refractivity contribution in [3.05, 3.63) is 35.6 Å². The molecule has 0 heterocycles. The maximum absolute atomic E-state index is 13.0. The lowest BCUT2D eigenvalue weighted by atomic mass is 9.48. The van der Waals surface area contributed by atoms with E-state index in [0.717, 1.165) is 23.3 Å². The van der Waals surface area contributed by atoms with E-state index in [1.807, 2.05) is 0 Å². The van der Waals surface area contributed by atoms with Gasteiger partial charge in [0.2, 0.25) is 5.91 Å². The van der Waals surface area contributed by atoms with Crippen LogP contribution in [0.2, 0.25) is 0 Å². The molecule has 23 heavy (non-hydrogen) atoms. The summed E-state index contributed by atoms with van der Waals surface area (Å²) in [7, 11) is 0. The zero-order valence-electron chi connectivity index (χ0n) is 13.9. The molecule has 0 spiro atoms. The molecular weight excluding hydrogens is 289 g/mol. The van der Waals surface area contributed by atoms with Crippen LogP contribution in [0.3, 0.4) is 0 Å². The minimum atomic E-state index is -0.254. The van der Waals surface area contributed by atoms with Gasteiger partial charge in [0, 0.05) is 6.04 Å². The minimum absolute atomic E-state index is 0.0693. The number of hydrogen-bond donors (Lipinski definition) is 1. The molecule has 4 bridgehead atoms. The van der Waals surface area contributed by atoms with Crippen molar-refractivity contribution in [1.29, 1.82) is 0 Å². The Morgan fingerprint density at radius 2 is 1.65 bits per heavy atom. The summed E-state index contributed by atoms with van der Waals surface area (Å²) >= 11 is 0. The number of carbonyl (C=O) groups is 1. The quantitative estimate of drug-likeness (QED) is 0.891. The van der Waals surface area contributed by atoms with Crippen LogP contribution in [0.15, 0.2) is 24.3 Å². The van der Waals surface area contributed by atoms with Crippen LogP contribution in [-0.4, -0.2) is 11.9 Å². The Bertz CT molecular complexity index is 559. The number of rotatable bonds is 4. The topological polar surface area (TPSA) is 29.1 Å². The molecule has 4 saturated carbocycles. The molecule has 4 fully saturated rings. The first-order valence-electron chi connectivity index (χ1n) is 9.06. The highest BCUT2D eigenvalue weighted by Gasteiger charge is 2.53. The van der Waals surface area contributed by atoms with E-state index in [0.29, 0.717) is 11.8 Å². The summed E-state index contributed by atoms with van der Waals surface area (Å²) in [6, 6.07) is 6.49. The van der Waals surface area contributed by atoms with Crippen LogP contribution in [0.5, 0.6) is 0 Å². The van der Waals surface area contributed by atoms with Gasteiger partial charge in [-0.3, -0.25) is 4.79 Å². The first kappa shape index (κ1) is 15.2. The van der Waals surface area contributed by atoms with E-state index in [9.17, 15) is 9.18 Å². The molecule has 0 saturated heterocycles. The third-order valence-electron chi connectivity index (χ3n) is 6.66. The summed E-state index contributed by atoms with van der Waals surface area (Å²) in [5.41, 5.74) is 1.22. The molecule has 2 nitrogen and oxygen atoms in total. The van der Waals surface area contributed by atoms with Crippen molar-refractivity contribution in [1.82, 2.24) is 5.32 Å². The normalized spacial score (nSPS) is 36.0. The fraction of sp³-hybridized carbons (Fsp3) is 0.650. The lowest BCUT2D eigenvalue weighted by molar-refractivity contribution is -0.125. The second-order valence-corrected chi connectivity index (χ2v) is 8.37. The average Bonchev–Trinajstić information content (AvgIpc) is 2.48. The molecule has 0 aliphatic heterocycles. The molecule has 4 aliphatic carbocycles. The molecule has 5 rings (SSSR count). The van der Waals surface area contributed by atoms with Crippen molar-refractivity contribution in [2.45, 2.75) is 57.9 Å². The maximum atomic E-state index is 13.0. The number of halogens is 1. The monoisotopic (exact) mass is 315 g/mol. The first-order chi connectivity index (χ1) is 11.0. The second-order valence-electron chi connectivity index (χ2n) is 8.37. The lowest BCUT2D eigenvalue weighted by Gasteiger charge is -2.59. The SMILES string of the molecule is C[C@@H](NC(=O)Cc1ccc(F)cc1)C12CC3CC(CC(C3)C1)C2. The Balaban J connectivity index is 1.40. The molecule has 1 amide bonds. The summed E-state index contributed by atoms with van der Waals surface area (Å²) in [4.78, 5) is 12.4. The van der Waals surface area contributed by atoms with Gasteiger partial charge in [0.25, 0.3) is 0 Å². The Morgan fingerprint density at radius 3 is 2.17 bits per heavy atom. The predicted octanol–water partition coefficient (Wildman–Crippen LogP) is 4.09. The summed E-state index contributed by atoms with van der Waals surface area (Å²) < 4.78 is 13.0. The van der Waals surface area contributed by atoms with Gasteiger partial charge in [0.15, 0.2) is 0 Å². The van der Waals surface area contributed by atoms with Gasteiger partial charge in [-0.1, -0.05) is 12.1 Å². The molecule has 1 N–H and O–H groups in total.